The van der Waals surface area contributed by atoms with E-state index >= 15 is 0 Å². The highest BCUT2D eigenvalue weighted by Crippen LogP contribution is 2.34. The summed E-state index contributed by atoms with van der Waals surface area (Å²) in [6, 6.07) is 13.1. The Bertz CT molecular complexity index is 1230. The average Bonchev–Trinajstić information content (AvgIpc) is 3.45. The van der Waals surface area contributed by atoms with E-state index in [9.17, 15) is 4.79 Å². The van der Waals surface area contributed by atoms with Crippen LogP contribution in [0.15, 0.2) is 52.3 Å². The van der Waals surface area contributed by atoms with E-state index in [1.807, 2.05) is 54.8 Å². The minimum absolute atomic E-state index is 0.0355. The molecule has 2 heterocycles. The summed E-state index contributed by atoms with van der Waals surface area (Å²) in [4.78, 5) is 17.4. The number of carbonyl (C=O) groups excluding carboxylic acids is 1. The molecule has 8 heteroatoms. The molecule has 166 valence electrons. The number of benzene rings is 2. The maximum absolute atomic E-state index is 12.8. The number of fused-ring (bicyclic) bond motifs is 1. The fourth-order valence-corrected chi connectivity index (χ4v) is 4.09. The molecule has 0 radical (unpaired) electrons. The summed E-state index contributed by atoms with van der Waals surface area (Å²) in [6.07, 6.45) is 0. The van der Waals surface area contributed by atoms with Crippen molar-refractivity contribution >= 4 is 28.3 Å². The maximum atomic E-state index is 12.8. The summed E-state index contributed by atoms with van der Waals surface area (Å²) >= 11 is 1.46. The van der Waals surface area contributed by atoms with Crippen LogP contribution in [0.3, 0.4) is 0 Å². The van der Waals surface area contributed by atoms with Crippen LogP contribution in [0.1, 0.15) is 28.7 Å². The van der Waals surface area contributed by atoms with Gasteiger partial charge in [0.1, 0.15) is 17.2 Å². The van der Waals surface area contributed by atoms with E-state index in [2.05, 4.69) is 4.98 Å². The summed E-state index contributed by atoms with van der Waals surface area (Å²) in [6.45, 7) is 2.75. The molecule has 0 saturated carbocycles. The quantitative estimate of drug-likeness (QED) is 0.311. The zero-order chi connectivity index (χ0) is 22.5. The molecule has 0 aliphatic rings. The Balaban J connectivity index is 1.49. The van der Waals surface area contributed by atoms with Gasteiger partial charge in [0, 0.05) is 28.5 Å². The largest absolute Gasteiger partial charge is 0.493 e. The molecule has 2 aromatic carbocycles. The smallest absolute Gasteiger partial charge is 0.375 e. The highest BCUT2D eigenvalue weighted by molar-refractivity contribution is 7.13. The number of rotatable bonds is 9. The molecule has 0 aliphatic carbocycles. The van der Waals surface area contributed by atoms with Gasteiger partial charge in [-0.2, -0.15) is 0 Å². The molecule has 2 aromatic heterocycles. The Morgan fingerprint density at radius 2 is 1.88 bits per heavy atom. The standard InChI is InChI=1S/C24H23NO6S/c1-4-29-13-18-17-7-5-6-8-19(17)31-22(18)24(26)30-12-16-14-32-23(25-16)15-9-10-20(27-2)21(11-15)28-3/h5-11,14H,4,12-13H2,1-3H3. The van der Waals surface area contributed by atoms with E-state index in [4.69, 9.17) is 23.4 Å². The Hall–Kier alpha value is -3.36. The second-order valence-corrected chi connectivity index (χ2v) is 7.69. The Morgan fingerprint density at radius 3 is 2.66 bits per heavy atom. The van der Waals surface area contributed by atoms with Crippen molar-refractivity contribution in [2.75, 3.05) is 20.8 Å². The molecule has 0 amide bonds. The SMILES string of the molecule is CCOCc1c(C(=O)OCc2csc(-c3ccc(OC)c(OC)c3)n2)oc2ccccc12. The van der Waals surface area contributed by atoms with Crippen molar-refractivity contribution < 1.29 is 28.2 Å². The zero-order valence-corrected chi connectivity index (χ0v) is 18.9. The summed E-state index contributed by atoms with van der Waals surface area (Å²) in [7, 11) is 3.18. The van der Waals surface area contributed by atoms with Crippen molar-refractivity contribution in [2.45, 2.75) is 20.1 Å². The third kappa shape index (κ3) is 4.46. The van der Waals surface area contributed by atoms with Crippen LogP contribution in [0.2, 0.25) is 0 Å². The van der Waals surface area contributed by atoms with Gasteiger partial charge < -0.3 is 23.4 Å². The summed E-state index contributed by atoms with van der Waals surface area (Å²) in [5.41, 5.74) is 2.85. The number of thiazole rings is 1. The summed E-state index contributed by atoms with van der Waals surface area (Å²) in [5, 5.41) is 3.49. The molecule has 0 N–H and O–H groups in total. The van der Waals surface area contributed by atoms with Crippen LogP contribution >= 0.6 is 11.3 Å². The lowest BCUT2D eigenvalue weighted by Gasteiger charge is -2.08. The minimum Gasteiger partial charge on any atom is -0.493 e. The van der Waals surface area contributed by atoms with Crippen molar-refractivity contribution in [1.82, 2.24) is 4.98 Å². The van der Waals surface area contributed by atoms with Gasteiger partial charge in [0.25, 0.3) is 0 Å². The molecular weight excluding hydrogens is 430 g/mol. The van der Waals surface area contributed by atoms with Crippen molar-refractivity contribution in [3.63, 3.8) is 0 Å². The van der Waals surface area contributed by atoms with Crippen LogP contribution in [-0.4, -0.2) is 31.8 Å². The van der Waals surface area contributed by atoms with Crippen molar-refractivity contribution in [2.24, 2.45) is 0 Å². The third-order valence-electron chi connectivity index (χ3n) is 4.87. The van der Waals surface area contributed by atoms with Crippen molar-refractivity contribution in [3.8, 4) is 22.1 Å². The lowest BCUT2D eigenvalue weighted by molar-refractivity contribution is 0.0426. The molecule has 0 atom stereocenters. The number of carbonyl (C=O) groups is 1. The zero-order valence-electron chi connectivity index (χ0n) is 18.0. The topological polar surface area (TPSA) is 80.0 Å². The number of esters is 1. The number of para-hydroxylation sites is 1. The van der Waals surface area contributed by atoms with Crippen LogP contribution in [0.4, 0.5) is 0 Å². The number of nitrogens with zero attached hydrogens (tertiary/aromatic N) is 1. The van der Waals surface area contributed by atoms with Gasteiger partial charge in [-0.05, 0) is 31.2 Å². The Labute approximate surface area is 189 Å². The first kappa shape index (κ1) is 21.9. The van der Waals surface area contributed by atoms with Gasteiger partial charge in [-0.15, -0.1) is 11.3 Å². The molecule has 7 nitrogen and oxygen atoms in total. The molecule has 0 spiro atoms. The van der Waals surface area contributed by atoms with Crippen LogP contribution < -0.4 is 9.47 Å². The van der Waals surface area contributed by atoms with E-state index in [1.165, 1.54) is 11.3 Å². The second-order valence-electron chi connectivity index (χ2n) is 6.83. The van der Waals surface area contributed by atoms with Gasteiger partial charge in [0.05, 0.1) is 26.5 Å². The first-order valence-electron chi connectivity index (χ1n) is 10.1. The number of methoxy groups -OCH3 is 2. The van der Waals surface area contributed by atoms with Crippen LogP contribution in [0, 0.1) is 0 Å². The lowest BCUT2D eigenvalue weighted by Crippen LogP contribution is -2.08. The molecular formula is C24H23NO6S. The molecule has 0 bridgehead atoms. The third-order valence-corrected chi connectivity index (χ3v) is 5.81. The highest BCUT2D eigenvalue weighted by atomic mass is 32.1. The van der Waals surface area contributed by atoms with Gasteiger partial charge >= 0.3 is 5.97 Å². The van der Waals surface area contributed by atoms with E-state index in [1.54, 1.807) is 14.2 Å². The highest BCUT2D eigenvalue weighted by Gasteiger charge is 2.22. The first-order chi connectivity index (χ1) is 15.6. The molecule has 0 aliphatic heterocycles. The van der Waals surface area contributed by atoms with Gasteiger partial charge in [-0.1, -0.05) is 18.2 Å². The monoisotopic (exact) mass is 453 g/mol. The molecule has 32 heavy (non-hydrogen) atoms. The van der Waals surface area contributed by atoms with Gasteiger partial charge in [-0.25, -0.2) is 9.78 Å². The fourth-order valence-electron chi connectivity index (χ4n) is 3.29. The predicted octanol–water partition coefficient (Wildman–Crippen LogP) is 5.47. The van der Waals surface area contributed by atoms with Crippen molar-refractivity contribution in [3.05, 3.63) is 64.9 Å². The number of hydrogen-bond donors (Lipinski definition) is 0. The van der Waals surface area contributed by atoms with Crippen LogP contribution in [0.25, 0.3) is 21.5 Å². The molecule has 0 unspecified atom stereocenters. The summed E-state index contributed by atoms with van der Waals surface area (Å²) < 4.78 is 27.4. The number of hydrogen-bond acceptors (Lipinski definition) is 8. The number of ether oxygens (including phenoxy) is 4. The number of aromatic nitrogens is 1. The average molecular weight is 454 g/mol. The predicted molar refractivity (Wildman–Crippen MR) is 121 cm³/mol. The Kier molecular flexibility index (Phi) is 6.72. The fraction of sp³-hybridized carbons (Fsp3) is 0.250. The molecule has 0 fully saturated rings. The minimum atomic E-state index is -0.545. The molecule has 4 aromatic rings. The van der Waals surface area contributed by atoms with E-state index in [0.29, 0.717) is 34.9 Å². The molecule has 0 saturated heterocycles. The van der Waals surface area contributed by atoms with Gasteiger partial charge in [0.15, 0.2) is 11.5 Å². The normalized spacial score (nSPS) is 11.0. The van der Waals surface area contributed by atoms with Gasteiger partial charge in [0.2, 0.25) is 5.76 Å². The van der Waals surface area contributed by atoms with Crippen molar-refractivity contribution in [1.29, 1.82) is 0 Å². The van der Waals surface area contributed by atoms with Crippen LogP contribution in [-0.2, 0) is 22.7 Å². The Morgan fingerprint density at radius 1 is 1.06 bits per heavy atom. The van der Waals surface area contributed by atoms with E-state index in [-0.39, 0.29) is 19.0 Å². The lowest BCUT2D eigenvalue weighted by atomic mass is 10.1. The second kappa shape index (κ2) is 9.84. The van der Waals surface area contributed by atoms with Crippen LogP contribution in [0.5, 0.6) is 11.5 Å². The first-order valence-corrected chi connectivity index (χ1v) is 10.9. The van der Waals surface area contributed by atoms with E-state index in [0.717, 1.165) is 16.0 Å². The maximum Gasteiger partial charge on any atom is 0.375 e. The van der Waals surface area contributed by atoms with Gasteiger partial charge in [-0.3, -0.25) is 0 Å². The number of furan rings is 1. The van der Waals surface area contributed by atoms with E-state index < -0.39 is 5.97 Å². The molecule has 4 rings (SSSR count). The summed E-state index contributed by atoms with van der Waals surface area (Å²) in [5.74, 6) is 0.891.